The summed E-state index contributed by atoms with van der Waals surface area (Å²) in [4.78, 5) is 1.86. The zero-order chi connectivity index (χ0) is 13.0. The van der Waals surface area contributed by atoms with E-state index in [1.807, 2.05) is 4.90 Å². The Morgan fingerprint density at radius 3 is 2.24 bits per heavy atom. The maximum Gasteiger partial charge on any atom is 0.173 e. The van der Waals surface area contributed by atoms with E-state index in [0.717, 1.165) is 0 Å². The number of hydrogen-bond donors (Lipinski definition) is 0. The van der Waals surface area contributed by atoms with Crippen LogP contribution in [0.15, 0.2) is 35.8 Å². The van der Waals surface area contributed by atoms with Gasteiger partial charge in [0.05, 0.1) is 4.47 Å². The molecule has 0 N–H and O–H groups in total. The summed E-state index contributed by atoms with van der Waals surface area (Å²) < 4.78 is 27.1. The number of nitrogens with zero attached hydrogens (tertiary/aromatic N) is 1. The van der Waals surface area contributed by atoms with Gasteiger partial charge in [-0.1, -0.05) is 12.2 Å². The first-order chi connectivity index (χ1) is 8.02. The minimum atomic E-state index is -0.858. The molecular formula is C13H14BrF2N. The molecule has 0 atom stereocenters. The molecule has 0 saturated carbocycles. The van der Waals surface area contributed by atoms with Crippen LogP contribution in [0.25, 0.3) is 0 Å². The highest BCUT2D eigenvalue weighted by molar-refractivity contribution is 9.10. The number of rotatable bonds is 5. The Bertz CT molecular complexity index is 434. The van der Waals surface area contributed by atoms with Gasteiger partial charge in [0, 0.05) is 24.3 Å². The van der Waals surface area contributed by atoms with Gasteiger partial charge in [0.1, 0.15) is 0 Å². The second kappa shape index (κ2) is 5.96. The molecule has 0 radical (unpaired) electrons. The van der Waals surface area contributed by atoms with Gasteiger partial charge in [0.2, 0.25) is 0 Å². The summed E-state index contributed by atoms with van der Waals surface area (Å²) >= 11 is 3.01. The summed E-state index contributed by atoms with van der Waals surface area (Å²) in [5.74, 6) is -1.68. The van der Waals surface area contributed by atoms with E-state index in [1.54, 1.807) is 25.1 Å². The number of anilines is 1. The van der Waals surface area contributed by atoms with E-state index in [2.05, 4.69) is 29.1 Å². The van der Waals surface area contributed by atoms with E-state index in [9.17, 15) is 8.78 Å². The van der Waals surface area contributed by atoms with Crippen LogP contribution in [0, 0.1) is 18.6 Å². The predicted octanol–water partition coefficient (Wildman–Crippen LogP) is 4.21. The summed E-state index contributed by atoms with van der Waals surface area (Å²) in [6.45, 7) is 9.94. The van der Waals surface area contributed by atoms with Crippen molar-refractivity contribution in [2.45, 2.75) is 6.92 Å². The molecule has 4 heteroatoms. The summed E-state index contributed by atoms with van der Waals surface area (Å²) in [5.41, 5.74) is 0.921. The molecule has 0 spiro atoms. The smallest absolute Gasteiger partial charge is 0.173 e. The molecule has 0 unspecified atom stereocenters. The molecule has 0 aromatic heterocycles. The molecule has 0 aliphatic carbocycles. The van der Waals surface area contributed by atoms with Crippen molar-refractivity contribution in [3.8, 4) is 0 Å². The van der Waals surface area contributed by atoms with E-state index in [1.165, 1.54) is 0 Å². The lowest BCUT2D eigenvalue weighted by molar-refractivity contribution is 0.498. The standard InChI is InChI=1S/C13H14BrF2N/c1-4-6-17(7-5-2)11-8-10(14)13(16)12(15)9(11)3/h4-5,8H,1-2,6-7H2,3H3. The van der Waals surface area contributed by atoms with Crippen LogP contribution in [-0.4, -0.2) is 13.1 Å². The van der Waals surface area contributed by atoms with Crippen molar-refractivity contribution in [1.82, 2.24) is 0 Å². The average molecular weight is 302 g/mol. The van der Waals surface area contributed by atoms with Crippen LogP contribution in [0.5, 0.6) is 0 Å². The zero-order valence-corrected chi connectivity index (χ0v) is 11.2. The Hall–Kier alpha value is -1.16. The van der Waals surface area contributed by atoms with Crippen molar-refractivity contribution < 1.29 is 8.78 Å². The first-order valence-corrected chi connectivity index (χ1v) is 5.93. The summed E-state index contributed by atoms with van der Waals surface area (Å²) in [6, 6.07) is 1.57. The second-order valence-corrected chi connectivity index (χ2v) is 4.47. The summed E-state index contributed by atoms with van der Waals surface area (Å²) in [7, 11) is 0. The fraction of sp³-hybridized carbons (Fsp3) is 0.231. The Morgan fingerprint density at radius 1 is 1.24 bits per heavy atom. The highest BCUT2D eigenvalue weighted by atomic mass is 79.9. The molecule has 0 bridgehead atoms. The van der Waals surface area contributed by atoms with Gasteiger partial charge in [-0.25, -0.2) is 8.78 Å². The third-order valence-corrected chi connectivity index (χ3v) is 3.00. The van der Waals surface area contributed by atoms with Crippen molar-refractivity contribution in [1.29, 1.82) is 0 Å². The molecular weight excluding hydrogens is 288 g/mol. The van der Waals surface area contributed by atoms with Crippen LogP contribution < -0.4 is 4.90 Å². The largest absolute Gasteiger partial charge is 0.364 e. The van der Waals surface area contributed by atoms with Crippen LogP contribution >= 0.6 is 15.9 Å². The first kappa shape index (κ1) is 13.9. The molecule has 0 saturated heterocycles. The minimum Gasteiger partial charge on any atom is -0.364 e. The molecule has 0 heterocycles. The highest BCUT2D eigenvalue weighted by Gasteiger charge is 2.17. The van der Waals surface area contributed by atoms with E-state index in [4.69, 9.17) is 0 Å². The van der Waals surface area contributed by atoms with Gasteiger partial charge >= 0.3 is 0 Å². The van der Waals surface area contributed by atoms with Crippen molar-refractivity contribution in [2.75, 3.05) is 18.0 Å². The lowest BCUT2D eigenvalue weighted by Crippen LogP contribution is -2.24. The molecule has 0 aliphatic rings. The third kappa shape index (κ3) is 2.94. The minimum absolute atomic E-state index is 0.119. The maximum absolute atomic E-state index is 13.6. The molecule has 0 fully saturated rings. The van der Waals surface area contributed by atoms with Gasteiger partial charge in [-0.3, -0.25) is 0 Å². The van der Waals surface area contributed by atoms with E-state index in [-0.39, 0.29) is 10.0 Å². The molecule has 1 aromatic carbocycles. The van der Waals surface area contributed by atoms with Gasteiger partial charge in [-0.2, -0.15) is 0 Å². The third-order valence-electron chi connectivity index (χ3n) is 2.42. The quantitative estimate of drug-likeness (QED) is 0.581. The highest BCUT2D eigenvalue weighted by Crippen LogP contribution is 2.30. The Balaban J connectivity index is 3.27. The molecule has 1 nitrogen and oxygen atoms in total. The van der Waals surface area contributed by atoms with Gasteiger partial charge in [-0.05, 0) is 28.9 Å². The van der Waals surface area contributed by atoms with E-state index < -0.39 is 11.6 Å². The topological polar surface area (TPSA) is 3.24 Å². The van der Waals surface area contributed by atoms with Gasteiger partial charge in [0.15, 0.2) is 11.6 Å². The monoisotopic (exact) mass is 301 g/mol. The van der Waals surface area contributed by atoms with Crippen molar-refractivity contribution in [2.24, 2.45) is 0 Å². The van der Waals surface area contributed by atoms with Crippen LogP contribution in [0.1, 0.15) is 5.56 Å². The lowest BCUT2D eigenvalue weighted by atomic mass is 10.1. The van der Waals surface area contributed by atoms with Crippen LogP contribution in [0.3, 0.4) is 0 Å². The molecule has 92 valence electrons. The van der Waals surface area contributed by atoms with Crippen LogP contribution in [0.4, 0.5) is 14.5 Å². The van der Waals surface area contributed by atoms with Gasteiger partial charge in [0.25, 0.3) is 0 Å². The molecule has 0 aliphatic heterocycles. The summed E-state index contributed by atoms with van der Waals surface area (Å²) in [6.07, 6.45) is 3.41. The number of benzene rings is 1. The molecule has 1 rings (SSSR count). The Labute approximate surface area is 109 Å². The van der Waals surface area contributed by atoms with Crippen molar-refractivity contribution in [3.05, 3.63) is 53.0 Å². The predicted molar refractivity (Wildman–Crippen MR) is 71.4 cm³/mol. The normalized spacial score (nSPS) is 10.1. The van der Waals surface area contributed by atoms with E-state index >= 15 is 0 Å². The van der Waals surface area contributed by atoms with Gasteiger partial charge in [-0.15, -0.1) is 13.2 Å². The lowest BCUT2D eigenvalue weighted by Gasteiger charge is -2.24. The van der Waals surface area contributed by atoms with Crippen molar-refractivity contribution >= 4 is 21.6 Å². The van der Waals surface area contributed by atoms with Crippen LogP contribution in [0.2, 0.25) is 0 Å². The van der Waals surface area contributed by atoms with E-state index in [0.29, 0.717) is 18.8 Å². The Morgan fingerprint density at radius 2 is 1.76 bits per heavy atom. The molecule has 1 aromatic rings. The summed E-state index contributed by atoms with van der Waals surface area (Å²) in [5, 5.41) is 0. The van der Waals surface area contributed by atoms with Gasteiger partial charge < -0.3 is 4.90 Å². The maximum atomic E-state index is 13.6. The van der Waals surface area contributed by atoms with Crippen molar-refractivity contribution in [3.63, 3.8) is 0 Å². The Kier molecular flexibility index (Phi) is 4.87. The average Bonchev–Trinajstić information content (AvgIpc) is 2.31. The fourth-order valence-corrected chi connectivity index (χ4v) is 1.98. The van der Waals surface area contributed by atoms with Crippen LogP contribution in [-0.2, 0) is 0 Å². The number of halogens is 3. The molecule has 0 amide bonds. The SMILES string of the molecule is C=CCN(CC=C)c1cc(Br)c(F)c(F)c1C. The number of hydrogen-bond acceptors (Lipinski definition) is 1. The fourth-order valence-electron chi connectivity index (χ4n) is 1.58. The molecule has 17 heavy (non-hydrogen) atoms. The zero-order valence-electron chi connectivity index (χ0n) is 9.64. The second-order valence-electron chi connectivity index (χ2n) is 3.61. The first-order valence-electron chi connectivity index (χ1n) is 5.13.